The minimum atomic E-state index is -1.03. The molecule has 8 nitrogen and oxygen atoms in total. The van der Waals surface area contributed by atoms with Crippen LogP contribution in [0.2, 0.25) is 0 Å². The maximum atomic E-state index is 11.5. The topological polar surface area (TPSA) is 101 Å². The van der Waals surface area contributed by atoms with Crippen molar-refractivity contribution in [2.45, 2.75) is 18.6 Å². The average molecular weight is 598 g/mol. The summed E-state index contributed by atoms with van der Waals surface area (Å²) in [6.45, 7) is 0. The Labute approximate surface area is 277 Å². The number of benzene rings is 4. The van der Waals surface area contributed by atoms with Gasteiger partial charge in [-0.3, -0.25) is 0 Å². The molecule has 2 atom stereocenters. The van der Waals surface area contributed by atoms with E-state index in [0.29, 0.717) is 56.7 Å². The van der Waals surface area contributed by atoms with Crippen LogP contribution < -0.4 is 20.4 Å². The van der Waals surface area contributed by atoms with Crippen LogP contribution in [0.3, 0.4) is 0 Å². The number of aliphatic hydroxyl groups excluding tert-OH is 2. The van der Waals surface area contributed by atoms with Crippen molar-refractivity contribution in [3.8, 4) is 11.5 Å². The molecule has 0 aliphatic carbocycles. The Kier molecular flexibility index (Phi) is 10.5. The molecule has 0 amide bonds. The van der Waals surface area contributed by atoms with Gasteiger partial charge in [0.25, 0.3) is 0 Å². The number of hydroxylamine groups is 2. The fraction of sp³-hybridized carbons (Fsp3) is 0.0857. The van der Waals surface area contributed by atoms with Gasteiger partial charge >= 0.3 is 0 Å². The first-order valence-corrected chi connectivity index (χ1v) is 13.8. The molecule has 9 heteroatoms. The van der Waals surface area contributed by atoms with Gasteiger partial charge in [0.05, 0.1) is 12.2 Å². The molecule has 0 saturated carbocycles. The van der Waals surface area contributed by atoms with E-state index in [4.69, 9.17) is 19.1 Å². The zero-order valence-electron chi connectivity index (χ0n) is 24.1. The van der Waals surface area contributed by atoms with Crippen molar-refractivity contribution in [1.29, 1.82) is 0 Å². The van der Waals surface area contributed by atoms with E-state index in [1.807, 2.05) is 109 Å². The molecule has 4 aromatic rings. The molecular weight excluding hydrogens is 567 g/mol. The van der Waals surface area contributed by atoms with Crippen LogP contribution in [0.15, 0.2) is 145 Å². The van der Waals surface area contributed by atoms with E-state index in [2.05, 4.69) is 11.0 Å². The monoisotopic (exact) mass is 597 g/mol. The number of allylic oxidation sites excluding steroid dienone is 2. The largest absolute Gasteiger partial charge is 0.455 e. The fourth-order valence-corrected chi connectivity index (χ4v) is 4.92. The molecule has 0 saturated heterocycles. The number of ether oxygens (including phenoxy) is 2. The molecule has 2 heterocycles. The number of hydrogen-bond donors (Lipinski definition) is 4. The number of aliphatic hydroxyl groups is 2. The Balaban J connectivity index is 0.00000384. The van der Waals surface area contributed by atoms with E-state index in [1.165, 1.54) is 12.5 Å². The maximum Gasteiger partial charge on any atom is 0.157 e. The van der Waals surface area contributed by atoms with Gasteiger partial charge in [0, 0.05) is 59.3 Å². The Morgan fingerprint density at radius 3 is 1.36 bits per heavy atom. The van der Waals surface area contributed by atoms with E-state index in [0.717, 1.165) is 0 Å². The molecular formula is C35H30N2NaO6. The van der Waals surface area contributed by atoms with Gasteiger partial charge in [-0.25, -0.2) is 11.0 Å². The number of hydrogen-bond acceptors (Lipinski definition) is 8. The summed E-state index contributed by atoms with van der Waals surface area (Å²) in [6.07, 6.45) is 4.37. The van der Waals surface area contributed by atoms with Gasteiger partial charge in [0.1, 0.15) is 35.4 Å². The van der Waals surface area contributed by atoms with Crippen LogP contribution in [0.1, 0.15) is 40.9 Å². The third-order valence-corrected chi connectivity index (χ3v) is 6.96. The van der Waals surface area contributed by atoms with Crippen LogP contribution >= 0.6 is 0 Å². The minimum Gasteiger partial charge on any atom is -0.455 e. The van der Waals surface area contributed by atoms with Gasteiger partial charge in [0.15, 0.2) is 11.5 Å². The second-order valence-electron chi connectivity index (χ2n) is 9.80. The summed E-state index contributed by atoms with van der Waals surface area (Å²) in [5, 5.41) is 23.0. The van der Waals surface area contributed by atoms with Gasteiger partial charge in [-0.05, 0) is 35.4 Å². The summed E-state index contributed by atoms with van der Waals surface area (Å²) in [6, 6.07) is 33.6. The second-order valence-corrected chi connectivity index (χ2v) is 9.80. The normalized spacial score (nSPS) is 15.1. The molecule has 2 aliphatic heterocycles. The molecule has 6 rings (SSSR count). The fourth-order valence-electron chi connectivity index (χ4n) is 4.92. The Morgan fingerprint density at radius 1 is 0.545 bits per heavy atom. The zero-order valence-corrected chi connectivity index (χ0v) is 26.1. The summed E-state index contributed by atoms with van der Waals surface area (Å²) in [5.41, 5.74) is 9.49. The van der Waals surface area contributed by atoms with Crippen molar-refractivity contribution in [1.82, 2.24) is 11.0 Å². The van der Waals surface area contributed by atoms with Gasteiger partial charge in [-0.15, -0.1) is 0 Å². The first-order valence-electron chi connectivity index (χ1n) is 13.8. The molecule has 0 bridgehead atoms. The maximum absolute atomic E-state index is 11.5. The van der Waals surface area contributed by atoms with E-state index < -0.39 is 12.2 Å². The van der Waals surface area contributed by atoms with E-state index >= 15 is 0 Å². The smallest absolute Gasteiger partial charge is 0.157 e. The summed E-state index contributed by atoms with van der Waals surface area (Å²) in [7, 11) is 0. The molecule has 2 unspecified atom stereocenters. The molecule has 0 fully saturated rings. The van der Waals surface area contributed by atoms with Gasteiger partial charge < -0.3 is 29.4 Å². The van der Waals surface area contributed by atoms with Crippen molar-refractivity contribution in [2.24, 2.45) is 0 Å². The molecule has 0 aromatic heterocycles. The number of para-hydroxylation sites is 2. The van der Waals surface area contributed by atoms with Crippen molar-refractivity contribution >= 4 is 41.0 Å². The Hall–Kier alpha value is -4.44. The third kappa shape index (κ3) is 7.19. The third-order valence-electron chi connectivity index (χ3n) is 6.96. The van der Waals surface area contributed by atoms with Crippen LogP contribution in [0.4, 0.5) is 0 Å². The van der Waals surface area contributed by atoms with Crippen molar-refractivity contribution < 1.29 is 29.4 Å². The molecule has 4 N–H and O–H groups in total. The van der Waals surface area contributed by atoms with Crippen LogP contribution in [-0.4, -0.2) is 39.8 Å². The number of nitrogens with one attached hydrogen (secondary N) is 2. The van der Waals surface area contributed by atoms with Crippen molar-refractivity contribution in [2.75, 3.05) is 0 Å². The van der Waals surface area contributed by atoms with Crippen LogP contribution in [0.5, 0.6) is 11.5 Å². The van der Waals surface area contributed by atoms with E-state index in [-0.39, 0.29) is 36.0 Å². The van der Waals surface area contributed by atoms with Gasteiger partial charge in [0.2, 0.25) is 0 Å². The van der Waals surface area contributed by atoms with Gasteiger partial charge in [-0.1, -0.05) is 84.9 Å². The molecule has 0 spiro atoms. The average Bonchev–Trinajstić information content (AvgIpc) is 3.06. The summed E-state index contributed by atoms with van der Waals surface area (Å²) < 4.78 is 12.2. The van der Waals surface area contributed by atoms with Crippen LogP contribution in [0.25, 0.3) is 11.4 Å². The molecule has 1 radical (unpaired) electrons. The second kappa shape index (κ2) is 14.8. The predicted octanol–water partition coefficient (Wildman–Crippen LogP) is 6.06. The van der Waals surface area contributed by atoms with Gasteiger partial charge in [-0.2, -0.15) is 0 Å². The molecule has 217 valence electrons. The number of rotatable bonds is 10. The summed E-state index contributed by atoms with van der Waals surface area (Å²) in [4.78, 5) is 10.8. The first-order chi connectivity index (χ1) is 21.2. The predicted molar refractivity (Wildman–Crippen MR) is 168 cm³/mol. The Bertz CT molecular complexity index is 1560. The quantitative estimate of drug-likeness (QED) is 0.164. The zero-order chi connectivity index (χ0) is 29.4. The minimum absolute atomic E-state index is 0. The standard InChI is InChI=1S/C35H30N2O6.Na/c38-30(26-15-7-9-17-28(26)34-32(19-21-40-36-34)42-24-11-3-1-4-12-24)23-31(39)27-16-8-10-18-29(27)35-33(20-22-41-37-35)43-25-13-5-2-6-14-25;/h1-22,30-31,36-39H,23H2;. The van der Waals surface area contributed by atoms with Crippen molar-refractivity contribution in [3.63, 3.8) is 0 Å². The van der Waals surface area contributed by atoms with E-state index in [9.17, 15) is 10.2 Å². The van der Waals surface area contributed by atoms with Crippen LogP contribution in [0, 0.1) is 0 Å². The molecule has 4 aromatic carbocycles. The molecule has 2 aliphatic rings. The Morgan fingerprint density at radius 2 is 0.932 bits per heavy atom. The SMILES string of the molecule is OC(CC(O)c1ccccc1C1=C(Oc2ccccc2)C=CON1)c1ccccc1C1=C(Oc2ccccc2)C=CON1.[Na]. The summed E-state index contributed by atoms with van der Waals surface area (Å²) in [5.74, 6) is 2.37. The van der Waals surface area contributed by atoms with Crippen molar-refractivity contribution in [3.05, 3.63) is 168 Å². The van der Waals surface area contributed by atoms with E-state index in [1.54, 1.807) is 12.2 Å². The first kappa shape index (κ1) is 31.0. The molecule has 44 heavy (non-hydrogen) atoms. The van der Waals surface area contributed by atoms with Crippen LogP contribution in [-0.2, 0) is 9.68 Å². The summed E-state index contributed by atoms with van der Waals surface area (Å²) >= 11 is 0.